The Labute approximate surface area is 173 Å². The van der Waals surface area contributed by atoms with E-state index in [0.29, 0.717) is 12.3 Å². The van der Waals surface area contributed by atoms with E-state index in [1.54, 1.807) is 25.6 Å². The van der Waals surface area contributed by atoms with Crippen molar-refractivity contribution in [3.05, 3.63) is 47.5 Å². The standard InChI is InChI=1S/C22H23N3O3S/c1-27-18-9-14-7-8-24(11-15(14)10-19(18)28-2)21(26)16-12-25(13-16)22-23-17-5-3-4-6-20(17)29-22/h3-6,9-10,16H,7-8,11-13H2,1-2H3. The van der Waals surface area contributed by atoms with Gasteiger partial charge in [0, 0.05) is 26.2 Å². The third-order valence-electron chi connectivity index (χ3n) is 5.81. The Morgan fingerprint density at radius 3 is 2.55 bits per heavy atom. The van der Waals surface area contributed by atoms with E-state index in [1.165, 1.54) is 10.3 Å². The Bertz CT molecular complexity index is 1040. The SMILES string of the molecule is COc1cc2c(cc1OC)CN(C(=O)C1CN(c3nc4ccccc4s3)C1)CC2. The zero-order valence-corrected chi connectivity index (χ0v) is 17.4. The van der Waals surface area contributed by atoms with Crippen LogP contribution in [0.5, 0.6) is 11.5 Å². The Hall–Kier alpha value is -2.80. The molecule has 7 heteroatoms. The van der Waals surface area contributed by atoms with Crippen LogP contribution in [-0.4, -0.2) is 49.6 Å². The summed E-state index contributed by atoms with van der Waals surface area (Å²) in [6, 6.07) is 12.2. The summed E-state index contributed by atoms with van der Waals surface area (Å²) >= 11 is 1.69. The van der Waals surface area contributed by atoms with Gasteiger partial charge in [-0.3, -0.25) is 4.79 Å². The van der Waals surface area contributed by atoms with E-state index in [9.17, 15) is 4.79 Å². The molecule has 0 atom stereocenters. The maximum absolute atomic E-state index is 13.0. The first kappa shape index (κ1) is 18.2. The number of anilines is 1. The monoisotopic (exact) mass is 409 g/mol. The fraction of sp³-hybridized carbons (Fsp3) is 0.364. The highest BCUT2D eigenvalue weighted by Gasteiger charge is 2.37. The highest BCUT2D eigenvalue weighted by atomic mass is 32.1. The van der Waals surface area contributed by atoms with Crippen LogP contribution in [0.15, 0.2) is 36.4 Å². The fourth-order valence-electron chi connectivity index (χ4n) is 4.12. The number of carbonyl (C=O) groups excluding carboxylic acids is 1. The summed E-state index contributed by atoms with van der Waals surface area (Å²) in [7, 11) is 3.29. The Morgan fingerprint density at radius 2 is 1.83 bits per heavy atom. The molecule has 3 heterocycles. The van der Waals surface area contributed by atoms with Crippen LogP contribution in [0.4, 0.5) is 5.13 Å². The Kier molecular flexibility index (Phi) is 4.54. The van der Waals surface area contributed by atoms with Crippen LogP contribution in [0.25, 0.3) is 10.2 Å². The molecule has 6 nitrogen and oxygen atoms in total. The smallest absolute Gasteiger partial charge is 0.229 e. The number of fused-ring (bicyclic) bond motifs is 2. The number of carbonyl (C=O) groups is 1. The van der Waals surface area contributed by atoms with E-state index in [4.69, 9.17) is 14.5 Å². The van der Waals surface area contributed by atoms with E-state index in [-0.39, 0.29) is 11.8 Å². The number of benzene rings is 2. The Balaban J connectivity index is 1.25. The summed E-state index contributed by atoms with van der Waals surface area (Å²) in [6.45, 7) is 2.87. The van der Waals surface area contributed by atoms with Gasteiger partial charge in [0.15, 0.2) is 16.6 Å². The average Bonchev–Trinajstić information content (AvgIpc) is 3.14. The predicted molar refractivity (Wildman–Crippen MR) is 114 cm³/mol. The number of amides is 1. The number of aromatic nitrogens is 1. The molecular weight excluding hydrogens is 386 g/mol. The van der Waals surface area contributed by atoms with Gasteiger partial charge < -0.3 is 19.3 Å². The van der Waals surface area contributed by atoms with E-state index in [2.05, 4.69) is 11.0 Å². The fourth-order valence-corrected chi connectivity index (χ4v) is 5.10. The summed E-state index contributed by atoms with van der Waals surface area (Å²) < 4.78 is 12.0. The molecule has 2 aromatic carbocycles. The molecule has 5 rings (SSSR count). The lowest BCUT2D eigenvalue weighted by molar-refractivity contribution is -0.137. The molecule has 29 heavy (non-hydrogen) atoms. The van der Waals surface area contributed by atoms with Gasteiger partial charge in [0.1, 0.15) is 0 Å². The normalized spacial score (nSPS) is 16.5. The molecule has 0 N–H and O–H groups in total. The average molecular weight is 410 g/mol. The van der Waals surface area contributed by atoms with Gasteiger partial charge in [-0.05, 0) is 41.8 Å². The summed E-state index contributed by atoms with van der Waals surface area (Å²) in [5.41, 5.74) is 3.40. The first-order chi connectivity index (χ1) is 14.2. The van der Waals surface area contributed by atoms with Crippen molar-refractivity contribution in [1.82, 2.24) is 9.88 Å². The molecule has 1 aromatic heterocycles. The van der Waals surface area contributed by atoms with Crippen molar-refractivity contribution in [2.24, 2.45) is 5.92 Å². The number of nitrogens with zero attached hydrogens (tertiary/aromatic N) is 3. The van der Waals surface area contributed by atoms with Crippen LogP contribution in [0.2, 0.25) is 0 Å². The van der Waals surface area contributed by atoms with Gasteiger partial charge in [0.25, 0.3) is 0 Å². The summed E-state index contributed by atoms with van der Waals surface area (Å²) in [5, 5.41) is 1.01. The molecule has 1 amide bonds. The molecule has 2 aliphatic rings. The van der Waals surface area contributed by atoms with Crippen molar-refractivity contribution >= 4 is 32.6 Å². The number of methoxy groups -OCH3 is 2. The minimum absolute atomic E-state index is 0.0451. The van der Waals surface area contributed by atoms with Crippen molar-refractivity contribution in [2.75, 3.05) is 38.8 Å². The van der Waals surface area contributed by atoms with Gasteiger partial charge in [-0.25, -0.2) is 4.98 Å². The van der Waals surface area contributed by atoms with E-state index >= 15 is 0 Å². The summed E-state index contributed by atoms with van der Waals surface area (Å²) in [6.07, 6.45) is 0.843. The van der Waals surface area contributed by atoms with Crippen molar-refractivity contribution in [1.29, 1.82) is 0 Å². The van der Waals surface area contributed by atoms with Gasteiger partial charge in [-0.1, -0.05) is 23.5 Å². The number of para-hydroxylation sites is 1. The van der Waals surface area contributed by atoms with Gasteiger partial charge >= 0.3 is 0 Å². The molecule has 3 aromatic rings. The maximum Gasteiger partial charge on any atom is 0.229 e. The minimum atomic E-state index is 0.0451. The van der Waals surface area contributed by atoms with Crippen LogP contribution >= 0.6 is 11.3 Å². The molecule has 0 spiro atoms. The summed E-state index contributed by atoms with van der Waals surface area (Å²) in [4.78, 5) is 21.9. The zero-order chi connectivity index (χ0) is 20.0. The molecule has 0 radical (unpaired) electrons. The number of thiazole rings is 1. The number of ether oxygens (including phenoxy) is 2. The first-order valence-corrected chi connectivity index (χ1v) is 10.6. The van der Waals surface area contributed by atoms with Crippen LogP contribution < -0.4 is 14.4 Å². The van der Waals surface area contributed by atoms with E-state index < -0.39 is 0 Å². The van der Waals surface area contributed by atoms with Gasteiger partial charge in [0.2, 0.25) is 5.91 Å². The number of hydrogen-bond acceptors (Lipinski definition) is 6. The zero-order valence-electron chi connectivity index (χ0n) is 16.6. The van der Waals surface area contributed by atoms with Gasteiger partial charge in [0.05, 0.1) is 30.4 Å². The lowest BCUT2D eigenvalue weighted by atomic mass is 9.94. The van der Waals surface area contributed by atoms with Crippen LogP contribution in [0.3, 0.4) is 0 Å². The molecule has 0 saturated carbocycles. The topological polar surface area (TPSA) is 54.9 Å². The second-order valence-electron chi connectivity index (χ2n) is 7.55. The molecule has 2 aliphatic heterocycles. The predicted octanol–water partition coefficient (Wildman–Crippen LogP) is 3.33. The molecular formula is C22H23N3O3S. The quantitative estimate of drug-likeness (QED) is 0.662. The first-order valence-electron chi connectivity index (χ1n) is 9.79. The Morgan fingerprint density at radius 1 is 1.10 bits per heavy atom. The van der Waals surface area contributed by atoms with Crippen molar-refractivity contribution < 1.29 is 14.3 Å². The largest absolute Gasteiger partial charge is 0.493 e. The maximum atomic E-state index is 13.0. The minimum Gasteiger partial charge on any atom is -0.493 e. The van der Waals surface area contributed by atoms with E-state index in [1.807, 2.05) is 35.2 Å². The molecule has 1 saturated heterocycles. The van der Waals surface area contributed by atoms with Crippen molar-refractivity contribution in [3.63, 3.8) is 0 Å². The van der Waals surface area contributed by atoms with Gasteiger partial charge in [-0.15, -0.1) is 0 Å². The second-order valence-corrected chi connectivity index (χ2v) is 8.56. The summed E-state index contributed by atoms with van der Waals surface area (Å²) in [5.74, 6) is 1.74. The molecule has 0 aliphatic carbocycles. The molecule has 0 bridgehead atoms. The van der Waals surface area contributed by atoms with Crippen LogP contribution in [0.1, 0.15) is 11.1 Å². The van der Waals surface area contributed by atoms with E-state index in [0.717, 1.165) is 48.0 Å². The molecule has 150 valence electrons. The second kappa shape index (κ2) is 7.22. The van der Waals surface area contributed by atoms with Crippen LogP contribution in [-0.2, 0) is 17.8 Å². The molecule has 1 fully saturated rings. The van der Waals surface area contributed by atoms with Crippen molar-refractivity contribution in [2.45, 2.75) is 13.0 Å². The van der Waals surface area contributed by atoms with Gasteiger partial charge in [-0.2, -0.15) is 0 Å². The van der Waals surface area contributed by atoms with Crippen molar-refractivity contribution in [3.8, 4) is 11.5 Å². The highest BCUT2D eigenvalue weighted by molar-refractivity contribution is 7.22. The highest BCUT2D eigenvalue weighted by Crippen LogP contribution is 2.36. The third kappa shape index (κ3) is 3.19. The number of rotatable bonds is 4. The lowest BCUT2D eigenvalue weighted by Crippen LogP contribution is -2.55. The molecule has 0 unspecified atom stereocenters. The third-order valence-corrected chi connectivity index (χ3v) is 6.91. The van der Waals surface area contributed by atoms with Crippen LogP contribution in [0, 0.1) is 5.92 Å². The lowest BCUT2D eigenvalue weighted by Gasteiger charge is -2.41. The number of hydrogen-bond donors (Lipinski definition) is 0.